The minimum absolute atomic E-state index is 0.0136. The number of rotatable bonds is 7. The van der Waals surface area contributed by atoms with Gasteiger partial charge in [0.1, 0.15) is 6.04 Å². The largest absolute Gasteiger partial charge is 0.480 e. The first-order valence-corrected chi connectivity index (χ1v) is 7.64. The molecule has 0 saturated carbocycles. The van der Waals surface area contributed by atoms with Crippen LogP contribution in [-0.2, 0) is 14.4 Å². The van der Waals surface area contributed by atoms with Crippen molar-refractivity contribution in [2.45, 2.75) is 59.0 Å². The van der Waals surface area contributed by atoms with Crippen molar-refractivity contribution in [3.8, 4) is 0 Å². The Morgan fingerprint density at radius 1 is 1.33 bits per heavy atom. The minimum atomic E-state index is -1.04. The van der Waals surface area contributed by atoms with Gasteiger partial charge in [-0.25, -0.2) is 4.79 Å². The lowest BCUT2D eigenvalue weighted by atomic mass is 10.0. The van der Waals surface area contributed by atoms with Crippen LogP contribution in [0.1, 0.15) is 47.0 Å². The first-order valence-electron chi connectivity index (χ1n) is 7.64. The van der Waals surface area contributed by atoms with Crippen LogP contribution in [0.25, 0.3) is 0 Å². The van der Waals surface area contributed by atoms with Gasteiger partial charge in [0, 0.05) is 19.0 Å². The standard InChI is InChI=1S/C15H26N2O4/c1-5-11(6-2)17-8-10(7-12(17)18)14(19)16-13(9(3)4)15(20)21/h9-11,13H,5-8H2,1-4H3,(H,16,19)(H,20,21)/t10?,13-/m1/s1. The summed E-state index contributed by atoms with van der Waals surface area (Å²) in [7, 11) is 0. The van der Waals surface area contributed by atoms with E-state index in [0.717, 1.165) is 12.8 Å². The van der Waals surface area contributed by atoms with Gasteiger partial charge in [0.05, 0.1) is 5.92 Å². The fraction of sp³-hybridized carbons (Fsp3) is 0.800. The molecule has 0 aromatic heterocycles. The second-order valence-electron chi connectivity index (χ2n) is 5.99. The maximum Gasteiger partial charge on any atom is 0.326 e. The highest BCUT2D eigenvalue weighted by atomic mass is 16.4. The SMILES string of the molecule is CCC(CC)N1CC(C(=O)N[C@@H](C(=O)O)C(C)C)CC1=O. The highest BCUT2D eigenvalue weighted by molar-refractivity contribution is 5.91. The van der Waals surface area contributed by atoms with Gasteiger partial charge in [-0.2, -0.15) is 0 Å². The molecule has 2 atom stereocenters. The summed E-state index contributed by atoms with van der Waals surface area (Å²) in [6, 6.07) is -0.745. The van der Waals surface area contributed by atoms with Gasteiger partial charge < -0.3 is 15.3 Å². The number of carboxylic acid groups (broad SMARTS) is 1. The molecule has 1 saturated heterocycles. The van der Waals surface area contributed by atoms with Crippen molar-refractivity contribution < 1.29 is 19.5 Å². The van der Waals surface area contributed by atoms with E-state index in [9.17, 15) is 14.4 Å². The predicted octanol–water partition coefficient (Wildman–Crippen LogP) is 1.25. The topological polar surface area (TPSA) is 86.7 Å². The number of carbonyl (C=O) groups is 3. The molecular weight excluding hydrogens is 272 g/mol. The van der Waals surface area contributed by atoms with Crippen LogP contribution in [-0.4, -0.2) is 46.4 Å². The van der Waals surface area contributed by atoms with Crippen LogP contribution in [0.4, 0.5) is 0 Å². The normalized spacial score (nSPS) is 20.2. The zero-order chi connectivity index (χ0) is 16.2. The monoisotopic (exact) mass is 298 g/mol. The first kappa shape index (κ1) is 17.5. The smallest absolute Gasteiger partial charge is 0.326 e. The number of amides is 2. The number of likely N-dealkylation sites (tertiary alicyclic amines) is 1. The van der Waals surface area contributed by atoms with E-state index in [4.69, 9.17) is 5.11 Å². The lowest BCUT2D eigenvalue weighted by Crippen LogP contribution is -2.47. The summed E-state index contributed by atoms with van der Waals surface area (Å²) in [5.74, 6) is -2.03. The van der Waals surface area contributed by atoms with Crippen LogP contribution in [0.2, 0.25) is 0 Å². The van der Waals surface area contributed by atoms with Crippen molar-refractivity contribution in [1.29, 1.82) is 0 Å². The van der Waals surface area contributed by atoms with Crippen molar-refractivity contribution in [2.75, 3.05) is 6.54 Å². The molecule has 1 aliphatic heterocycles. The van der Waals surface area contributed by atoms with E-state index in [1.54, 1.807) is 18.7 Å². The minimum Gasteiger partial charge on any atom is -0.480 e. The lowest BCUT2D eigenvalue weighted by molar-refractivity contribution is -0.143. The summed E-state index contributed by atoms with van der Waals surface area (Å²) in [6.45, 7) is 7.92. The van der Waals surface area contributed by atoms with E-state index in [1.807, 2.05) is 13.8 Å². The third kappa shape index (κ3) is 4.19. The molecule has 0 aromatic rings. The quantitative estimate of drug-likeness (QED) is 0.740. The summed E-state index contributed by atoms with van der Waals surface area (Å²) < 4.78 is 0. The van der Waals surface area contributed by atoms with Crippen molar-refractivity contribution in [1.82, 2.24) is 10.2 Å². The van der Waals surface area contributed by atoms with Crippen molar-refractivity contribution in [3.63, 3.8) is 0 Å². The summed E-state index contributed by atoms with van der Waals surface area (Å²) >= 11 is 0. The molecule has 0 spiro atoms. The Bertz CT molecular complexity index is 404. The zero-order valence-corrected chi connectivity index (χ0v) is 13.3. The Morgan fingerprint density at radius 3 is 2.33 bits per heavy atom. The number of hydrogen-bond acceptors (Lipinski definition) is 3. The Kier molecular flexibility index (Phi) is 6.18. The van der Waals surface area contributed by atoms with Crippen molar-refractivity contribution in [2.24, 2.45) is 11.8 Å². The summed E-state index contributed by atoms with van der Waals surface area (Å²) in [5, 5.41) is 11.7. The molecule has 1 aliphatic rings. The molecule has 1 fully saturated rings. The molecule has 6 heteroatoms. The highest BCUT2D eigenvalue weighted by Gasteiger charge is 2.38. The van der Waals surface area contributed by atoms with E-state index in [2.05, 4.69) is 5.32 Å². The molecule has 0 bridgehead atoms. The lowest BCUT2D eigenvalue weighted by Gasteiger charge is -2.26. The van der Waals surface area contributed by atoms with Crippen LogP contribution >= 0.6 is 0 Å². The van der Waals surface area contributed by atoms with Gasteiger partial charge in [0.2, 0.25) is 11.8 Å². The van der Waals surface area contributed by atoms with E-state index in [1.165, 1.54) is 0 Å². The molecule has 0 aromatic carbocycles. The molecule has 21 heavy (non-hydrogen) atoms. The Labute approximate surface area is 125 Å². The van der Waals surface area contributed by atoms with Gasteiger partial charge in [0.15, 0.2) is 0 Å². The molecule has 1 rings (SSSR count). The van der Waals surface area contributed by atoms with Crippen LogP contribution in [0.5, 0.6) is 0 Å². The summed E-state index contributed by atoms with van der Waals surface area (Å²) in [4.78, 5) is 37.1. The second kappa shape index (κ2) is 7.43. The molecule has 1 unspecified atom stereocenters. The number of carbonyl (C=O) groups excluding carboxylic acids is 2. The van der Waals surface area contributed by atoms with Crippen LogP contribution < -0.4 is 5.32 Å². The van der Waals surface area contributed by atoms with Gasteiger partial charge in [-0.15, -0.1) is 0 Å². The van der Waals surface area contributed by atoms with E-state index in [-0.39, 0.29) is 30.2 Å². The molecule has 120 valence electrons. The highest BCUT2D eigenvalue weighted by Crippen LogP contribution is 2.23. The van der Waals surface area contributed by atoms with Gasteiger partial charge in [-0.05, 0) is 18.8 Å². The second-order valence-corrected chi connectivity index (χ2v) is 5.99. The van der Waals surface area contributed by atoms with Crippen LogP contribution in [0, 0.1) is 11.8 Å². The summed E-state index contributed by atoms with van der Waals surface area (Å²) in [6.07, 6.45) is 1.90. The molecule has 2 amide bonds. The van der Waals surface area contributed by atoms with E-state index < -0.39 is 17.9 Å². The number of aliphatic carboxylic acids is 1. The molecule has 1 heterocycles. The van der Waals surface area contributed by atoms with Gasteiger partial charge in [-0.1, -0.05) is 27.7 Å². The Hall–Kier alpha value is -1.59. The van der Waals surface area contributed by atoms with Crippen LogP contribution in [0.3, 0.4) is 0 Å². The fourth-order valence-corrected chi connectivity index (χ4v) is 2.77. The number of carboxylic acids is 1. The molecule has 2 N–H and O–H groups in total. The Morgan fingerprint density at radius 2 is 1.90 bits per heavy atom. The molecule has 0 aliphatic carbocycles. The average Bonchev–Trinajstić information content (AvgIpc) is 2.79. The molecule has 6 nitrogen and oxygen atoms in total. The Balaban J connectivity index is 2.69. The molecule has 0 radical (unpaired) electrons. The van der Waals surface area contributed by atoms with Gasteiger partial charge in [0.25, 0.3) is 0 Å². The maximum absolute atomic E-state index is 12.2. The third-order valence-corrected chi connectivity index (χ3v) is 4.14. The predicted molar refractivity (Wildman–Crippen MR) is 78.6 cm³/mol. The summed E-state index contributed by atoms with van der Waals surface area (Å²) in [5.41, 5.74) is 0. The number of nitrogens with one attached hydrogen (secondary N) is 1. The average molecular weight is 298 g/mol. The van der Waals surface area contributed by atoms with Crippen molar-refractivity contribution >= 4 is 17.8 Å². The van der Waals surface area contributed by atoms with E-state index >= 15 is 0 Å². The van der Waals surface area contributed by atoms with Crippen molar-refractivity contribution in [3.05, 3.63) is 0 Å². The van der Waals surface area contributed by atoms with Gasteiger partial charge in [-0.3, -0.25) is 9.59 Å². The zero-order valence-electron chi connectivity index (χ0n) is 13.3. The number of hydrogen-bond donors (Lipinski definition) is 2. The first-order chi connectivity index (χ1) is 9.81. The maximum atomic E-state index is 12.2. The van der Waals surface area contributed by atoms with Crippen LogP contribution in [0.15, 0.2) is 0 Å². The number of nitrogens with zero attached hydrogens (tertiary/aromatic N) is 1. The fourth-order valence-electron chi connectivity index (χ4n) is 2.77. The van der Waals surface area contributed by atoms with Gasteiger partial charge >= 0.3 is 5.97 Å². The third-order valence-electron chi connectivity index (χ3n) is 4.14. The molecular formula is C15H26N2O4. The van der Waals surface area contributed by atoms with E-state index in [0.29, 0.717) is 6.54 Å².